The number of imide groups is 1. The molecule has 0 radical (unpaired) electrons. The first-order valence-electron chi connectivity index (χ1n) is 8.82. The third-order valence-electron chi connectivity index (χ3n) is 4.52. The highest BCUT2D eigenvalue weighted by atomic mass is 19.1. The predicted octanol–water partition coefficient (Wildman–Crippen LogP) is 4.53. The minimum Gasteiger partial charge on any atom is -0.350 e. The molecule has 1 N–H and O–H groups in total. The molecule has 0 fully saturated rings. The summed E-state index contributed by atoms with van der Waals surface area (Å²) in [5.41, 5.74) is 3.19. The quantitative estimate of drug-likeness (QED) is 0.685. The number of nitrogens with zero attached hydrogens (tertiary/aromatic N) is 1. The van der Waals surface area contributed by atoms with Crippen molar-refractivity contribution in [1.29, 1.82) is 0 Å². The van der Waals surface area contributed by atoms with Crippen molar-refractivity contribution < 1.29 is 14.0 Å². The first-order valence-corrected chi connectivity index (χ1v) is 8.82. The molecule has 0 atom stereocenters. The van der Waals surface area contributed by atoms with Gasteiger partial charge in [-0.05, 0) is 54.4 Å². The molecular formula is C23H17FN2O2. The molecule has 0 unspecified atom stereocenters. The molecular weight excluding hydrogens is 355 g/mol. The zero-order valence-corrected chi connectivity index (χ0v) is 15.1. The molecule has 0 spiro atoms. The van der Waals surface area contributed by atoms with E-state index in [9.17, 15) is 14.0 Å². The lowest BCUT2D eigenvalue weighted by Gasteiger charge is -2.15. The Bertz CT molecular complexity index is 1090. The van der Waals surface area contributed by atoms with Gasteiger partial charge in [0.25, 0.3) is 11.8 Å². The molecule has 5 heteroatoms. The van der Waals surface area contributed by atoms with E-state index in [0.717, 1.165) is 10.5 Å². The fourth-order valence-electron chi connectivity index (χ4n) is 3.21. The minimum absolute atomic E-state index is 0.200. The summed E-state index contributed by atoms with van der Waals surface area (Å²) >= 11 is 0. The van der Waals surface area contributed by atoms with Crippen molar-refractivity contribution in [2.75, 3.05) is 10.2 Å². The maximum absolute atomic E-state index is 13.3. The van der Waals surface area contributed by atoms with E-state index in [1.54, 1.807) is 12.1 Å². The van der Waals surface area contributed by atoms with Crippen molar-refractivity contribution in [2.45, 2.75) is 6.92 Å². The fourth-order valence-corrected chi connectivity index (χ4v) is 3.21. The number of hydrogen-bond acceptors (Lipinski definition) is 3. The lowest BCUT2D eigenvalue weighted by molar-refractivity contribution is -0.120. The van der Waals surface area contributed by atoms with Crippen molar-refractivity contribution in [3.63, 3.8) is 0 Å². The smallest absolute Gasteiger partial charge is 0.282 e. The van der Waals surface area contributed by atoms with Crippen LogP contribution in [-0.4, -0.2) is 11.8 Å². The average Bonchev–Trinajstić information content (AvgIpc) is 2.93. The van der Waals surface area contributed by atoms with Gasteiger partial charge in [0.2, 0.25) is 0 Å². The van der Waals surface area contributed by atoms with Crippen LogP contribution < -0.4 is 10.2 Å². The van der Waals surface area contributed by atoms with Crippen LogP contribution in [0.4, 0.5) is 15.8 Å². The Morgan fingerprint density at radius 1 is 0.821 bits per heavy atom. The van der Waals surface area contributed by atoms with Gasteiger partial charge in [-0.15, -0.1) is 0 Å². The van der Waals surface area contributed by atoms with Gasteiger partial charge in [-0.2, -0.15) is 0 Å². The number of anilines is 2. The van der Waals surface area contributed by atoms with Crippen LogP contribution in [0.1, 0.15) is 11.1 Å². The van der Waals surface area contributed by atoms with Gasteiger partial charge in [0, 0.05) is 5.69 Å². The fraction of sp³-hybridized carbons (Fsp3) is 0.0435. The molecule has 3 aromatic rings. The summed E-state index contributed by atoms with van der Waals surface area (Å²) in [6.45, 7) is 1.95. The number of carbonyl (C=O) groups excluding carboxylic acids is 2. The Labute approximate surface area is 161 Å². The maximum Gasteiger partial charge on any atom is 0.282 e. The van der Waals surface area contributed by atoms with E-state index < -0.39 is 17.6 Å². The van der Waals surface area contributed by atoms with Crippen LogP contribution in [0.5, 0.6) is 0 Å². The Morgan fingerprint density at radius 3 is 2.21 bits per heavy atom. The third kappa shape index (κ3) is 3.18. The maximum atomic E-state index is 13.3. The molecule has 0 saturated heterocycles. The molecule has 28 heavy (non-hydrogen) atoms. The normalized spacial score (nSPS) is 14.0. The van der Waals surface area contributed by atoms with Gasteiger partial charge < -0.3 is 5.32 Å². The highest BCUT2D eigenvalue weighted by molar-refractivity contribution is 6.46. The summed E-state index contributed by atoms with van der Waals surface area (Å²) in [5, 5.41) is 3.12. The second kappa shape index (κ2) is 7.12. The van der Waals surface area contributed by atoms with E-state index in [4.69, 9.17) is 0 Å². The van der Waals surface area contributed by atoms with Gasteiger partial charge in [-0.3, -0.25) is 9.59 Å². The van der Waals surface area contributed by atoms with Gasteiger partial charge in [-0.1, -0.05) is 42.5 Å². The zero-order valence-electron chi connectivity index (χ0n) is 15.1. The number of benzene rings is 3. The van der Waals surface area contributed by atoms with Crippen LogP contribution in [0, 0.1) is 12.7 Å². The van der Waals surface area contributed by atoms with E-state index in [1.807, 2.05) is 49.4 Å². The number of amides is 2. The number of aryl methyl sites for hydroxylation is 1. The topological polar surface area (TPSA) is 49.4 Å². The molecule has 0 bridgehead atoms. The van der Waals surface area contributed by atoms with Gasteiger partial charge in [-0.25, -0.2) is 9.29 Å². The van der Waals surface area contributed by atoms with Crippen LogP contribution in [0.25, 0.3) is 5.57 Å². The van der Waals surface area contributed by atoms with Crippen LogP contribution in [-0.2, 0) is 9.59 Å². The molecule has 3 aromatic carbocycles. The van der Waals surface area contributed by atoms with Crippen LogP contribution in [0.15, 0.2) is 84.6 Å². The molecule has 0 saturated carbocycles. The van der Waals surface area contributed by atoms with E-state index in [-0.39, 0.29) is 11.3 Å². The van der Waals surface area contributed by atoms with Crippen molar-refractivity contribution in [3.05, 3.63) is 102 Å². The Hall–Kier alpha value is -3.73. The predicted molar refractivity (Wildman–Crippen MR) is 107 cm³/mol. The Kier molecular flexibility index (Phi) is 4.49. The molecule has 1 heterocycles. The van der Waals surface area contributed by atoms with Crippen LogP contribution >= 0.6 is 0 Å². The van der Waals surface area contributed by atoms with Gasteiger partial charge in [0.1, 0.15) is 11.5 Å². The lowest BCUT2D eigenvalue weighted by Crippen LogP contribution is -2.32. The molecule has 1 aliphatic rings. The average molecular weight is 372 g/mol. The van der Waals surface area contributed by atoms with Crippen molar-refractivity contribution in [1.82, 2.24) is 0 Å². The number of hydrogen-bond donors (Lipinski definition) is 1. The molecule has 138 valence electrons. The number of carbonyl (C=O) groups is 2. The largest absolute Gasteiger partial charge is 0.350 e. The van der Waals surface area contributed by atoms with Gasteiger partial charge in [0.05, 0.1) is 11.3 Å². The Balaban J connectivity index is 1.81. The summed E-state index contributed by atoms with van der Waals surface area (Å²) in [6, 6.07) is 21.9. The SMILES string of the molecule is Cc1cccc(NC2=C(c3ccccc3)C(=O)N(c3ccc(F)cc3)C2=O)c1. The molecule has 1 aliphatic heterocycles. The highest BCUT2D eigenvalue weighted by Crippen LogP contribution is 2.33. The molecule has 0 aromatic heterocycles. The Morgan fingerprint density at radius 2 is 1.54 bits per heavy atom. The molecule has 0 aliphatic carbocycles. The van der Waals surface area contributed by atoms with Crippen LogP contribution in [0.2, 0.25) is 0 Å². The van der Waals surface area contributed by atoms with E-state index in [0.29, 0.717) is 16.9 Å². The molecule has 4 nitrogen and oxygen atoms in total. The van der Waals surface area contributed by atoms with Crippen LogP contribution in [0.3, 0.4) is 0 Å². The number of nitrogens with one attached hydrogen (secondary N) is 1. The van der Waals surface area contributed by atoms with Gasteiger partial charge >= 0.3 is 0 Å². The van der Waals surface area contributed by atoms with Gasteiger partial charge in [0.15, 0.2) is 0 Å². The molecule has 2 amide bonds. The third-order valence-corrected chi connectivity index (χ3v) is 4.52. The monoisotopic (exact) mass is 372 g/mol. The first kappa shape index (κ1) is 17.7. The number of halogens is 1. The van der Waals surface area contributed by atoms with Crippen molar-refractivity contribution in [2.24, 2.45) is 0 Å². The van der Waals surface area contributed by atoms with E-state index >= 15 is 0 Å². The standard InChI is InChI=1S/C23H17FN2O2/c1-15-6-5-9-18(14-15)25-21-20(16-7-3-2-4-8-16)22(27)26(23(21)28)19-12-10-17(24)11-13-19/h2-14,25H,1H3. The summed E-state index contributed by atoms with van der Waals surface area (Å²) in [4.78, 5) is 27.4. The summed E-state index contributed by atoms with van der Waals surface area (Å²) in [7, 11) is 0. The number of rotatable bonds is 4. The molecule has 4 rings (SSSR count). The summed E-state index contributed by atoms with van der Waals surface area (Å²) in [5.74, 6) is -1.35. The van der Waals surface area contributed by atoms with Crippen molar-refractivity contribution in [3.8, 4) is 0 Å². The van der Waals surface area contributed by atoms with E-state index in [1.165, 1.54) is 24.3 Å². The first-order chi connectivity index (χ1) is 13.5. The lowest BCUT2D eigenvalue weighted by atomic mass is 10.0. The summed E-state index contributed by atoms with van der Waals surface area (Å²) < 4.78 is 13.3. The van der Waals surface area contributed by atoms with Crippen molar-refractivity contribution >= 4 is 28.8 Å². The zero-order chi connectivity index (χ0) is 19.7. The second-order valence-electron chi connectivity index (χ2n) is 6.53. The second-order valence-corrected chi connectivity index (χ2v) is 6.53. The minimum atomic E-state index is -0.475. The summed E-state index contributed by atoms with van der Waals surface area (Å²) in [6.07, 6.45) is 0. The highest BCUT2D eigenvalue weighted by Gasteiger charge is 2.40. The van der Waals surface area contributed by atoms with E-state index in [2.05, 4.69) is 5.32 Å².